The summed E-state index contributed by atoms with van der Waals surface area (Å²) in [5.41, 5.74) is 0. The summed E-state index contributed by atoms with van der Waals surface area (Å²) in [6, 6.07) is 7.19. The molecule has 7 heteroatoms. The zero-order valence-electron chi connectivity index (χ0n) is 12.2. The van der Waals surface area contributed by atoms with E-state index >= 15 is 0 Å². The van der Waals surface area contributed by atoms with Gasteiger partial charge in [-0.05, 0) is 31.9 Å². The van der Waals surface area contributed by atoms with E-state index in [1.165, 1.54) is 12.1 Å². The molecule has 0 N–H and O–H groups in total. The third kappa shape index (κ3) is 1.81. The Kier molecular flexibility index (Phi) is 3.47. The number of nitrogens with zero attached hydrogens (tertiary/aromatic N) is 1. The van der Waals surface area contributed by atoms with Crippen molar-refractivity contribution in [2.75, 3.05) is 6.61 Å². The molecule has 1 aromatic rings. The van der Waals surface area contributed by atoms with Crippen LogP contribution in [0, 0.1) is 0 Å². The Morgan fingerprint density at radius 2 is 2.05 bits per heavy atom. The zero-order valence-corrected chi connectivity index (χ0v) is 13.0. The molecule has 2 unspecified atom stereocenters. The predicted octanol–water partition coefficient (Wildman–Crippen LogP) is 1.75. The Morgan fingerprint density at radius 3 is 2.68 bits per heavy atom. The maximum atomic E-state index is 13.0. The number of fused-ring (bicyclic) bond motifs is 1. The van der Waals surface area contributed by atoms with E-state index in [9.17, 15) is 18.0 Å². The van der Waals surface area contributed by atoms with Gasteiger partial charge >= 0.3 is 6.09 Å². The van der Waals surface area contributed by atoms with E-state index in [0.29, 0.717) is 12.8 Å². The number of hydrogen-bond donors (Lipinski definition) is 0. The molecule has 2 fully saturated rings. The summed E-state index contributed by atoms with van der Waals surface area (Å²) in [4.78, 5) is 24.0. The van der Waals surface area contributed by atoms with Crippen LogP contribution in [0.15, 0.2) is 35.2 Å². The number of carbonyl (C=O) groups is 2. The molecule has 1 aliphatic carbocycles. The van der Waals surface area contributed by atoms with Crippen LogP contribution >= 0.6 is 0 Å². The van der Waals surface area contributed by atoms with Crippen LogP contribution in [0.4, 0.5) is 4.79 Å². The quantitative estimate of drug-likeness (QED) is 0.792. The van der Waals surface area contributed by atoms with E-state index in [1.54, 1.807) is 25.1 Å². The summed E-state index contributed by atoms with van der Waals surface area (Å²) >= 11 is 0. The number of carbonyl (C=O) groups excluding carboxylic acids is 2. The van der Waals surface area contributed by atoms with E-state index in [4.69, 9.17) is 4.74 Å². The average molecular weight is 323 g/mol. The highest BCUT2D eigenvalue weighted by Crippen LogP contribution is 2.54. The molecule has 1 saturated heterocycles. The highest BCUT2D eigenvalue weighted by Gasteiger charge is 2.79. The molecular weight excluding hydrogens is 306 g/mol. The SMILES string of the molecule is CCOC(=O)N1C2CCCC(=O)C21S(=O)(=O)c1ccccc1. The molecule has 3 rings (SSSR count). The summed E-state index contributed by atoms with van der Waals surface area (Å²) in [6.07, 6.45) is 0.517. The van der Waals surface area contributed by atoms with Crippen LogP contribution in [0.5, 0.6) is 0 Å². The molecule has 22 heavy (non-hydrogen) atoms. The highest BCUT2D eigenvalue weighted by atomic mass is 32.2. The molecule has 1 aromatic carbocycles. The van der Waals surface area contributed by atoms with Crippen LogP contribution in [-0.2, 0) is 19.4 Å². The van der Waals surface area contributed by atoms with Crippen LogP contribution in [0.2, 0.25) is 0 Å². The Hall–Kier alpha value is -1.89. The van der Waals surface area contributed by atoms with E-state index in [1.807, 2.05) is 0 Å². The van der Waals surface area contributed by atoms with Gasteiger partial charge in [-0.3, -0.25) is 9.69 Å². The highest BCUT2D eigenvalue weighted by molar-refractivity contribution is 7.94. The van der Waals surface area contributed by atoms with E-state index in [2.05, 4.69) is 0 Å². The van der Waals surface area contributed by atoms with Gasteiger partial charge in [0.2, 0.25) is 14.7 Å². The van der Waals surface area contributed by atoms with Crippen molar-refractivity contribution in [2.45, 2.75) is 42.0 Å². The number of benzene rings is 1. The number of ketones is 1. The van der Waals surface area contributed by atoms with Crippen LogP contribution in [0.1, 0.15) is 26.2 Å². The zero-order chi connectivity index (χ0) is 16.0. The van der Waals surface area contributed by atoms with Gasteiger partial charge in [0.05, 0.1) is 17.5 Å². The first-order valence-electron chi connectivity index (χ1n) is 7.27. The fourth-order valence-corrected chi connectivity index (χ4v) is 5.57. The lowest BCUT2D eigenvalue weighted by atomic mass is 9.99. The number of ether oxygens (including phenoxy) is 1. The van der Waals surface area contributed by atoms with Crippen molar-refractivity contribution in [3.05, 3.63) is 30.3 Å². The van der Waals surface area contributed by atoms with Crippen molar-refractivity contribution < 1.29 is 22.7 Å². The number of hydrogen-bond acceptors (Lipinski definition) is 5. The van der Waals surface area contributed by atoms with Gasteiger partial charge in [-0.1, -0.05) is 18.2 Å². The third-order valence-corrected chi connectivity index (χ3v) is 6.67. The summed E-state index contributed by atoms with van der Waals surface area (Å²) in [7, 11) is -3.97. The van der Waals surface area contributed by atoms with Crippen molar-refractivity contribution in [1.82, 2.24) is 4.90 Å². The van der Waals surface area contributed by atoms with E-state index < -0.39 is 32.6 Å². The molecule has 0 bridgehead atoms. The molecular formula is C15H17NO5S. The molecule has 2 atom stereocenters. The molecule has 1 amide bonds. The summed E-state index contributed by atoms with van der Waals surface area (Å²) in [5.74, 6) is -0.416. The average Bonchev–Trinajstić information content (AvgIpc) is 3.21. The monoisotopic (exact) mass is 323 g/mol. The summed E-state index contributed by atoms with van der Waals surface area (Å²) < 4.78 is 31.0. The largest absolute Gasteiger partial charge is 0.450 e. The minimum atomic E-state index is -3.97. The van der Waals surface area contributed by atoms with E-state index in [-0.39, 0.29) is 17.9 Å². The van der Waals surface area contributed by atoms with Gasteiger partial charge in [-0.15, -0.1) is 0 Å². The van der Waals surface area contributed by atoms with Crippen molar-refractivity contribution >= 4 is 21.7 Å². The number of sulfone groups is 1. The molecule has 6 nitrogen and oxygen atoms in total. The molecule has 1 heterocycles. The fraction of sp³-hybridized carbons (Fsp3) is 0.467. The number of Topliss-reactive ketones (excluding diaryl/α,β-unsaturated/α-hetero) is 1. The van der Waals surface area contributed by atoms with Crippen LogP contribution < -0.4 is 0 Å². The molecule has 0 aromatic heterocycles. The first-order chi connectivity index (χ1) is 10.5. The van der Waals surface area contributed by atoms with Crippen molar-refractivity contribution in [3.8, 4) is 0 Å². The second-order valence-electron chi connectivity index (χ2n) is 5.41. The van der Waals surface area contributed by atoms with Crippen LogP contribution in [0.25, 0.3) is 0 Å². The maximum absolute atomic E-state index is 13.0. The summed E-state index contributed by atoms with van der Waals surface area (Å²) in [5, 5.41) is 0. The predicted molar refractivity (Wildman–Crippen MR) is 77.9 cm³/mol. The van der Waals surface area contributed by atoms with Crippen LogP contribution in [-0.4, -0.2) is 42.7 Å². The Labute approximate surface area is 129 Å². The molecule has 0 radical (unpaired) electrons. The smallest absolute Gasteiger partial charge is 0.411 e. The molecule has 0 spiro atoms. The van der Waals surface area contributed by atoms with Gasteiger partial charge in [0.15, 0.2) is 5.78 Å². The van der Waals surface area contributed by atoms with Gasteiger partial charge in [-0.25, -0.2) is 13.2 Å². The van der Waals surface area contributed by atoms with Crippen molar-refractivity contribution in [1.29, 1.82) is 0 Å². The van der Waals surface area contributed by atoms with Gasteiger partial charge in [0.25, 0.3) is 0 Å². The second-order valence-corrected chi connectivity index (χ2v) is 7.51. The number of likely N-dealkylation sites (tertiary alicyclic amines) is 1. The molecule has 118 valence electrons. The molecule has 2 aliphatic rings. The third-order valence-electron chi connectivity index (χ3n) is 4.26. The van der Waals surface area contributed by atoms with Gasteiger partial charge in [0.1, 0.15) is 0 Å². The van der Waals surface area contributed by atoms with E-state index in [0.717, 1.165) is 4.90 Å². The lowest BCUT2D eigenvalue weighted by Crippen LogP contribution is -2.42. The number of amides is 1. The molecule has 1 aliphatic heterocycles. The Balaban J connectivity index is 2.08. The second kappa shape index (κ2) is 5.08. The van der Waals surface area contributed by atoms with Gasteiger partial charge in [0, 0.05) is 6.42 Å². The topological polar surface area (TPSA) is 80.5 Å². The van der Waals surface area contributed by atoms with Crippen molar-refractivity contribution in [3.63, 3.8) is 0 Å². The fourth-order valence-electron chi connectivity index (χ4n) is 3.30. The molecule has 1 saturated carbocycles. The lowest BCUT2D eigenvalue weighted by molar-refractivity contribution is -0.120. The minimum absolute atomic E-state index is 0.0575. The standard InChI is InChI=1S/C15H17NO5S/c1-2-21-14(18)16-12-9-6-10-13(17)15(12,16)22(19,20)11-7-4-3-5-8-11/h3-5,7-8,12H,2,6,9-10H2,1H3. The first kappa shape index (κ1) is 15.0. The number of rotatable bonds is 3. The van der Waals surface area contributed by atoms with Crippen LogP contribution in [0.3, 0.4) is 0 Å². The van der Waals surface area contributed by atoms with Gasteiger partial charge in [-0.2, -0.15) is 0 Å². The maximum Gasteiger partial charge on any atom is 0.411 e. The minimum Gasteiger partial charge on any atom is -0.450 e. The Bertz CT molecular complexity index is 715. The lowest BCUT2D eigenvalue weighted by Gasteiger charge is -2.19. The van der Waals surface area contributed by atoms with Crippen molar-refractivity contribution in [2.24, 2.45) is 0 Å². The Morgan fingerprint density at radius 1 is 1.36 bits per heavy atom. The normalized spacial score (nSPS) is 27.2. The summed E-state index contributed by atoms with van der Waals surface area (Å²) in [6.45, 7) is 1.78. The first-order valence-corrected chi connectivity index (χ1v) is 8.75. The van der Waals surface area contributed by atoms with Gasteiger partial charge < -0.3 is 4.74 Å².